The number of carbonyl (C=O) groups excluding carboxylic acids is 2. The maximum Gasteiger partial charge on any atom is 0.362 e. The van der Waals surface area contributed by atoms with E-state index in [1.54, 1.807) is 0 Å². The minimum atomic E-state index is -0.884. The third kappa shape index (κ3) is 32.9. The predicted octanol–water partition coefficient (Wildman–Crippen LogP) is 10.6. The van der Waals surface area contributed by atoms with Gasteiger partial charge in [-0.3, -0.25) is 9.59 Å². The van der Waals surface area contributed by atoms with E-state index in [-0.39, 0.29) is 36.2 Å². The van der Waals surface area contributed by atoms with Crippen molar-refractivity contribution >= 4 is 17.9 Å². The Morgan fingerprint density at radius 2 is 1.10 bits per heavy atom. The van der Waals surface area contributed by atoms with Crippen molar-refractivity contribution in [3.05, 3.63) is 60.8 Å². The fourth-order valence-corrected chi connectivity index (χ4v) is 5.57. The molecule has 52 heavy (non-hydrogen) atoms. The molecule has 0 fully saturated rings. The van der Waals surface area contributed by atoms with E-state index in [2.05, 4.69) is 44.2 Å². The lowest BCUT2D eigenvalue weighted by Crippen LogP contribution is -2.50. The van der Waals surface area contributed by atoms with E-state index in [9.17, 15) is 19.5 Å². The Hall–Kier alpha value is -2.97. The number of hydrogen-bond donors (Lipinski definition) is 1. The number of quaternary nitrogens is 1. The number of aliphatic carboxylic acids is 1. The first-order valence-electron chi connectivity index (χ1n) is 20.4. The lowest BCUT2D eigenvalue weighted by atomic mass is 10.1. The molecule has 0 aliphatic heterocycles. The van der Waals surface area contributed by atoms with Crippen LogP contribution in [0.15, 0.2) is 60.8 Å². The lowest BCUT2D eigenvalue weighted by Gasteiger charge is -2.31. The first-order valence-corrected chi connectivity index (χ1v) is 20.4. The number of allylic oxidation sites excluding steroid dienone is 10. The zero-order chi connectivity index (χ0) is 38.5. The van der Waals surface area contributed by atoms with Gasteiger partial charge in [0.2, 0.25) is 0 Å². The lowest BCUT2D eigenvalue weighted by molar-refractivity contribution is -0.887. The van der Waals surface area contributed by atoms with Gasteiger partial charge in [0.05, 0.1) is 34.4 Å². The Morgan fingerprint density at radius 3 is 1.67 bits per heavy atom. The summed E-state index contributed by atoms with van der Waals surface area (Å²) in [5, 5.41) is 9.59. The maximum absolute atomic E-state index is 12.7. The van der Waals surface area contributed by atoms with Crippen molar-refractivity contribution in [2.75, 3.05) is 41.0 Å². The monoisotopic (exact) mass is 731 g/mol. The molecule has 0 spiro atoms. The molecule has 0 aromatic carbocycles. The zero-order valence-corrected chi connectivity index (χ0v) is 33.7. The summed E-state index contributed by atoms with van der Waals surface area (Å²) < 4.78 is 17.2. The number of carbonyl (C=O) groups is 3. The first-order chi connectivity index (χ1) is 25.1. The largest absolute Gasteiger partial charge is 0.477 e. The van der Waals surface area contributed by atoms with Crippen LogP contribution in [0.25, 0.3) is 0 Å². The van der Waals surface area contributed by atoms with Crippen molar-refractivity contribution in [2.24, 2.45) is 0 Å². The molecule has 0 heterocycles. The molecule has 298 valence electrons. The van der Waals surface area contributed by atoms with Gasteiger partial charge in [-0.25, -0.2) is 4.79 Å². The van der Waals surface area contributed by atoms with Crippen LogP contribution >= 0.6 is 0 Å². The molecule has 0 radical (unpaired) electrons. The standard InChI is InChI=1S/C44H75NO7/c1-6-8-10-12-14-16-18-20-21-23-24-26-28-30-32-34-42(46)51-39-40(38-50-37-36-41(44(48)49)45(3,4)5)52-43(47)35-33-31-29-27-25-22-19-17-15-13-11-9-7-2/h8,10,12,14,16,18,20-22,25,40-41H,6-7,9,11,13,15,17,19,23-24,26-39H2,1-5H3/p+1/b10-8+,14-12+,18-16+,21-20+,25-22+. The molecule has 0 amide bonds. The van der Waals surface area contributed by atoms with Gasteiger partial charge in [0, 0.05) is 19.3 Å². The highest BCUT2D eigenvalue weighted by Crippen LogP contribution is 2.12. The summed E-state index contributed by atoms with van der Waals surface area (Å²) in [6.45, 7) is 4.53. The molecule has 0 saturated carbocycles. The summed E-state index contributed by atoms with van der Waals surface area (Å²) in [4.78, 5) is 36.8. The summed E-state index contributed by atoms with van der Waals surface area (Å²) in [6, 6.07) is -0.622. The number of nitrogens with zero attached hydrogens (tertiary/aromatic N) is 1. The fourth-order valence-electron chi connectivity index (χ4n) is 5.57. The summed E-state index contributed by atoms with van der Waals surface area (Å²) in [5.41, 5.74) is 0. The van der Waals surface area contributed by atoms with E-state index in [1.807, 2.05) is 51.5 Å². The van der Waals surface area contributed by atoms with E-state index in [0.717, 1.165) is 77.0 Å². The topological polar surface area (TPSA) is 99.1 Å². The number of likely N-dealkylation sites (N-methyl/N-ethyl adjacent to an activating group) is 1. The quantitative estimate of drug-likeness (QED) is 0.0228. The Bertz CT molecular complexity index is 1040. The second-order valence-electron chi connectivity index (χ2n) is 14.6. The molecular weight excluding hydrogens is 654 g/mol. The number of unbranched alkanes of at least 4 members (excludes halogenated alkanes) is 14. The molecule has 1 N–H and O–H groups in total. The van der Waals surface area contributed by atoms with Crippen molar-refractivity contribution < 1.29 is 38.2 Å². The SMILES string of the molecule is CC/C=C/C=C/C=C/C=C/CCCCCCCC(=O)OCC(COCCC(C(=O)O)[N+](C)(C)C)OC(=O)CCCCC/C=C/CCCCCCCC. The van der Waals surface area contributed by atoms with Crippen molar-refractivity contribution in [2.45, 2.75) is 161 Å². The smallest absolute Gasteiger partial charge is 0.362 e. The fraction of sp³-hybridized carbons (Fsp3) is 0.705. The summed E-state index contributed by atoms with van der Waals surface area (Å²) >= 11 is 0. The second kappa shape index (κ2) is 35.1. The minimum Gasteiger partial charge on any atom is -0.477 e. The van der Waals surface area contributed by atoms with E-state index in [4.69, 9.17) is 14.2 Å². The van der Waals surface area contributed by atoms with Gasteiger partial charge in [0.25, 0.3) is 0 Å². The second-order valence-corrected chi connectivity index (χ2v) is 14.6. The Balaban J connectivity index is 4.47. The van der Waals surface area contributed by atoms with Gasteiger partial charge in [0.15, 0.2) is 12.1 Å². The third-order valence-electron chi connectivity index (χ3n) is 8.75. The number of carboxylic acid groups (broad SMARTS) is 1. The Kier molecular flexibility index (Phi) is 33.1. The van der Waals surface area contributed by atoms with Crippen molar-refractivity contribution in [1.82, 2.24) is 0 Å². The molecule has 0 aromatic rings. The van der Waals surface area contributed by atoms with Gasteiger partial charge in [-0.1, -0.05) is 132 Å². The van der Waals surface area contributed by atoms with Crippen LogP contribution in [0.1, 0.15) is 149 Å². The van der Waals surface area contributed by atoms with E-state index >= 15 is 0 Å². The van der Waals surface area contributed by atoms with Gasteiger partial charge in [0.1, 0.15) is 6.61 Å². The minimum absolute atomic E-state index is 0.0448. The van der Waals surface area contributed by atoms with Gasteiger partial charge < -0.3 is 23.8 Å². The maximum atomic E-state index is 12.7. The van der Waals surface area contributed by atoms with Crippen molar-refractivity contribution in [3.8, 4) is 0 Å². The average Bonchev–Trinajstić information content (AvgIpc) is 3.09. The predicted molar refractivity (Wildman–Crippen MR) is 215 cm³/mol. The first kappa shape index (κ1) is 49.0. The molecule has 0 rings (SSSR count). The normalized spacial score (nSPS) is 13.6. The van der Waals surface area contributed by atoms with Crippen LogP contribution in [-0.2, 0) is 28.6 Å². The molecule has 0 aliphatic rings. The van der Waals surface area contributed by atoms with Crippen LogP contribution in [0.4, 0.5) is 0 Å². The van der Waals surface area contributed by atoms with Gasteiger partial charge in [-0.05, 0) is 57.8 Å². The third-order valence-corrected chi connectivity index (χ3v) is 8.75. The van der Waals surface area contributed by atoms with Crippen LogP contribution < -0.4 is 0 Å². The average molecular weight is 731 g/mol. The van der Waals surface area contributed by atoms with Gasteiger partial charge in [-0.15, -0.1) is 0 Å². The highest BCUT2D eigenvalue weighted by Gasteiger charge is 2.31. The van der Waals surface area contributed by atoms with Gasteiger partial charge in [-0.2, -0.15) is 0 Å². The number of esters is 2. The highest BCUT2D eigenvalue weighted by atomic mass is 16.6. The number of carboxylic acids is 1. The van der Waals surface area contributed by atoms with Crippen LogP contribution in [0.2, 0.25) is 0 Å². The zero-order valence-electron chi connectivity index (χ0n) is 33.7. The molecule has 8 heteroatoms. The number of rotatable bonds is 35. The number of ether oxygens (including phenoxy) is 3. The molecule has 2 atom stereocenters. The highest BCUT2D eigenvalue weighted by molar-refractivity contribution is 5.72. The van der Waals surface area contributed by atoms with Crippen LogP contribution in [0, 0.1) is 0 Å². The van der Waals surface area contributed by atoms with Crippen LogP contribution in [0.5, 0.6) is 0 Å². The molecule has 8 nitrogen and oxygen atoms in total. The molecule has 0 bridgehead atoms. The van der Waals surface area contributed by atoms with E-state index < -0.39 is 18.1 Å². The Morgan fingerprint density at radius 1 is 0.596 bits per heavy atom. The van der Waals surface area contributed by atoms with E-state index in [1.165, 1.54) is 38.5 Å². The van der Waals surface area contributed by atoms with Crippen LogP contribution in [0.3, 0.4) is 0 Å². The molecule has 0 saturated heterocycles. The Labute approximate surface area is 318 Å². The van der Waals surface area contributed by atoms with Crippen molar-refractivity contribution in [1.29, 1.82) is 0 Å². The summed E-state index contributed by atoms with van der Waals surface area (Å²) in [7, 11) is 5.50. The molecular formula is C44H76NO7+. The molecule has 2 unspecified atom stereocenters. The summed E-state index contributed by atoms with van der Waals surface area (Å²) in [6.07, 6.45) is 41.2. The van der Waals surface area contributed by atoms with Crippen LogP contribution in [-0.4, -0.2) is 80.6 Å². The molecule has 0 aliphatic carbocycles. The number of hydrogen-bond acceptors (Lipinski definition) is 6. The van der Waals surface area contributed by atoms with Gasteiger partial charge >= 0.3 is 17.9 Å². The van der Waals surface area contributed by atoms with Crippen molar-refractivity contribution in [3.63, 3.8) is 0 Å². The molecule has 0 aromatic heterocycles. The summed E-state index contributed by atoms with van der Waals surface area (Å²) in [5.74, 6) is -1.53. The van der Waals surface area contributed by atoms with E-state index in [0.29, 0.717) is 19.3 Å².